The Morgan fingerprint density at radius 1 is 1.14 bits per heavy atom. The van der Waals surface area contributed by atoms with Crippen LogP contribution in [0.2, 0.25) is 0 Å². The average Bonchev–Trinajstić information content (AvgIpc) is 2.10. The van der Waals surface area contributed by atoms with Crippen molar-refractivity contribution in [3.63, 3.8) is 0 Å². The Kier molecular flexibility index (Phi) is 3.10. The van der Waals surface area contributed by atoms with Crippen LogP contribution in [0.5, 0.6) is 0 Å². The largest absolute Gasteiger partial charge is 0.382 e. The van der Waals surface area contributed by atoms with Crippen molar-refractivity contribution in [3.05, 3.63) is 34.9 Å². The van der Waals surface area contributed by atoms with E-state index in [4.69, 9.17) is 5.11 Å². The lowest BCUT2D eigenvalue weighted by atomic mass is 10.1. The Labute approximate surface area is 78.0 Å². The first-order valence-electron chi connectivity index (χ1n) is 3.85. The number of aryl methyl sites for hydroxylation is 1. The molecule has 1 aromatic carbocycles. The molecule has 0 amide bonds. The van der Waals surface area contributed by atoms with E-state index in [1.54, 1.807) is 0 Å². The lowest BCUT2D eigenvalue weighted by Crippen LogP contribution is -2.10. The van der Waals surface area contributed by atoms with Crippen LogP contribution in [0, 0.1) is 18.6 Å². The summed E-state index contributed by atoms with van der Waals surface area (Å²) < 4.78 is 49.7. The number of hydrogen-bond donors (Lipinski definition) is 1. The van der Waals surface area contributed by atoms with Crippen LogP contribution in [-0.2, 0) is 0 Å². The molecule has 0 bridgehead atoms. The molecule has 0 heterocycles. The van der Waals surface area contributed by atoms with Gasteiger partial charge in [0.15, 0.2) is 0 Å². The molecule has 1 atom stereocenters. The molecule has 1 rings (SSSR count). The number of rotatable bonds is 2. The van der Waals surface area contributed by atoms with Crippen molar-refractivity contribution in [3.8, 4) is 0 Å². The molecule has 0 aliphatic carbocycles. The van der Waals surface area contributed by atoms with E-state index in [9.17, 15) is 17.6 Å². The van der Waals surface area contributed by atoms with Gasteiger partial charge in [-0.25, -0.2) is 17.6 Å². The average molecular weight is 208 g/mol. The van der Waals surface area contributed by atoms with Crippen LogP contribution in [0.1, 0.15) is 17.2 Å². The van der Waals surface area contributed by atoms with Crippen LogP contribution in [0.3, 0.4) is 0 Å². The summed E-state index contributed by atoms with van der Waals surface area (Å²) in [6.45, 7) is 1.30. The van der Waals surface area contributed by atoms with E-state index in [0.717, 1.165) is 6.07 Å². The minimum absolute atomic E-state index is 0.0149. The predicted molar refractivity (Wildman–Crippen MR) is 42.1 cm³/mol. The maximum Gasteiger partial charge on any atom is 0.268 e. The van der Waals surface area contributed by atoms with Gasteiger partial charge in [-0.3, -0.25) is 0 Å². The van der Waals surface area contributed by atoms with Crippen molar-refractivity contribution in [2.45, 2.75) is 19.5 Å². The number of alkyl halides is 2. The normalized spacial score (nSPS) is 13.4. The van der Waals surface area contributed by atoms with Crippen LogP contribution in [-0.4, -0.2) is 11.5 Å². The van der Waals surface area contributed by atoms with Gasteiger partial charge in [-0.2, -0.15) is 0 Å². The zero-order valence-corrected chi connectivity index (χ0v) is 7.27. The van der Waals surface area contributed by atoms with Crippen LogP contribution in [0.4, 0.5) is 17.6 Å². The Morgan fingerprint density at radius 2 is 1.71 bits per heavy atom. The molecule has 78 valence electrons. The second-order valence-corrected chi connectivity index (χ2v) is 2.90. The highest BCUT2D eigenvalue weighted by atomic mass is 19.3. The smallest absolute Gasteiger partial charge is 0.268 e. The highest BCUT2D eigenvalue weighted by Crippen LogP contribution is 2.25. The van der Waals surface area contributed by atoms with Gasteiger partial charge < -0.3 is 5.11 Å². The van der Waals surface area contributed by atoms with Crippen molar-refractivity contribution in [1.82, 2.24) is 0 Å². The van der Waals surface area contributed by atoms with E-state index in [0.29, 0.717) is 6.07 Å². The predicted octanol–water partition coefficient (Wildman–Crippen LogP) is 2.57. The van der Waals surface area contributed by atoms with Gasteiger partial charge in [-0.1, -0.05) is 0 Å². The minimum atomic E-state index is -3.09. The van der Waals surface area contributed by atoms with E-state index in [-0.39, 0.29) is 5.56 Å². The van der Waals surface area contributed by atoms with Crippen LogP contribution in [0.25, 0.3) is 0 Å². The molecule has 0 saturated heterocycles. The third kappa shape index (κ3) is 2.04. The summed E-state index contributed by atoms with van der Waals surface area (Å²) >= 11 is 0. The molecule has 0 saturated carbocycles. The molecule has 0 aliphatic rings. The molecule has 0 aromatic heterocycles. The van der Waals surface area contributed by atoms with Gasteiger partial charge in [0.2, 0.25) is 0 Å². The lowest BCUT2D eigenvalue weighted by Gasteiger charge is -2.11. The second-order valence-electron chi connectivity index (χ2n) is 2.90. The lowest BCUT2D eigenvalue weighted by molar-refractivity contribution is -0.00780. The van der Waals surface area contributed by atoms with Crippen LogP contribution < -0.4 is 0 Å². The van der Waals surface area contributed by atoms with Gasteiger partial charge in [0.25, 0.3) is 6.43 Å². The van der Waals surface area contributed by atoms with Gasteiger partial charge in [-0.15, -0.1) is 0 Å². The fourth-order valence-electron chi connectivity index (χ4n) is 1.04. The van der Waals surface area contributed by atoms with Crippen molar-refractivity contribution >= 4 is 0 Å². The molecule has 1 nitrogen and oxygen atoms in total. The molecule has 14 heavy (non-hydrogen) atoms. The summed E-state index contributed by atoms with van der Waals surface area (Å²) in [6, 6.07) is 1.36. The second kappa shape index (κ2) is 3.96. The van der Waals surface area contributed by atoms with E-state index >= 15 is 0 Å². The van der Waals surface area contributed by atoms with E-state index in [2.05, 4.69) is 0 Å². The first-order chi connectivity index (χ1) is 6.43. The molecular weight excluding hydrogens is 200 g/mol. The monoisotopic (exact) mass is 208 g/mol. The Balaban J connectivity index is 3.15. The molecule has 0 radical (unpaired) electrons. The Hall–Kier alpha value is -1.10. The van der Waals surface area contributed by atoms with Gasteiger partial charge >= 0.3 is 0 Å². The van der Waals surface area contributed by atoms with Crippen molar-refractivity contribution in [1.29, 1.82) is 0 Å². The topological polar surface area (TPSA) is 20.2 Å². The third-order valence-electron chi connectivity index (χ3n) is 1.84. The molecule has 1 N–H and O–H groups in total. The SMILES string of the molecule is Cc1cc(C(O)C(F)F)c(F)cc1F. The van der Waals surface area contributed by atoms with Crippen molar-refractivity contribution in [2.24, 2.45) is 0 Å². The van der Waals surface area contributed by atoms with Crippen molar-refractivity contribution < 1.29 is 22.7 Å². The van der Waals surface area contributed by atoms with Gasteiger partial charge in [0, 0.05) is 11.6 Å². The Bertz CT molecular complexity index is 338. The molecular formula is C9H8F4O. The number of halogens is 4. The zero-order chi connectivity index (χ0) is 10.9. The van der Waals surface area contributed by atoms with Gasteiger partial charge in [0.05, 0.1) is 0 Å². The maximum atomic E-state index is 12.9. The number of benzene rings is 1. The fourth-order valence-corrected chi connectivity index (χ4v) is 1.04. The highest BCUT2D eigenvalue weighted by molar-refractivity contribution is 5.27. The molecule has 0 aliphatic heterocycles. The summed E-state index contributed by atoms with van der Waals surface area (Å²) in [5.41, 5.74) is -0.569. The fraction of sp³-hybridized carbons (Fsp3) is 0.333. The molecule has 1 aromatic rings. The summed E-state index contributed by atoms with van der Waals surface area (Å²) in [4.78, 5) is 0. The van der Waals surface area contributed by atoms with Gasteiger partial charge in [0.1, 0.15) is 17.7 Å². The summed E-state index contributed by atoms with van der Waals surface area (Å²) in [7, 11) is 0. The number of aliphatic hydroxyl groups excluding tert-OH is 1. The maximum absolute atomic E-state index is 12.9. The quantitative estimate of drug-likeness (QED) is 0.740. The number of hydrogen-bond acceptors (Lipinski definition) is 1. The van der Waals surface area contributed by atoms with Crippen molar-refractivity contribution in [2.75, 3.05) is 0 Å². The first-order valence-corrected chi connectivity index (χ1v) is 3.85. The number of aliphatic hydroxyl groups is 1. The summed E-state index contributed by atoms with van der Waals surface area (Å²) in [5, 5.41) is 8.88. The van der Waals surface area contributed by atoms with E-state index in [1.165, 1.54) is 6.92 Å². The molecule has 0 spiro atoms. The molecule has 5 heteroatoms. The molecule has 0 fully saturated rings. The van der Waals surface area contributed by atoms with E-state index in [1.807, 2.05) is 0 Å². The third-order valence-corrected chi connectivity index (χ3v) is 1.84. The molecule has 1 unspecified atom stereocenters. The standard InChI is InChI=1S/C9H8F4O/c1-4-2-5(8(14)9(12)13)7(11)3-6(4)10/h2-3,8-9,14H,1H3. The first kappa shape index (κ1) is 11.0. The minimum Gasteiger partial charge on any atom is -0.382 e. The zero-order valence-electron chi connectivity index (χ0n) is 7.27. The summed E-state index contributed by atoms with van der Waals surface area (Å²) in [5.74, 6) is -1.99. The van der Waals surface area contributed by atoms with Gasteiger partial charge in [-0.05, 0) is 18.6 Å². The highest BCUT2D eigenvalue weighted by Gasteiger charge is 2.23. The van der Waals surface area contributed by atoms with Crippen LogP contribution in [0.15, 0.2) is 12.1 Å². The Morgan fingerprint density at radius 3 is 2.21 bits per heavy atom. The van der Waals surface area contributed by atoms with E-state index < -0.39 is 29.7 Å². The van der Waals surface area contributed by atoms with Crippen LogP contribution >= 0.6 is 0 Å². The summed E-state index contributed by atoms with van der Waals surface area (Å²) in [6.07, 6.45) is -5.30.